The molecule has 2 aliphatic heterocycles. The molecule has 0 radical (unpaired) electrons. The first-order valence-corrected chi connectivity index (χ1v) is 23.3. The van der Waals surface area contributed by atoms with Gasteiger partial charge in [-0.1, -0.05) is 133 Å². The minimum absolute atomic E-state index is 0.00966. The molecular weight excluding hydrogens is 800 g/mol. The number of furan rings is 2. The van der Waals surface area contributed by atoms with Gasteiger partial charge in [0, 0.05) is 76.1 Å². The van der Waals surface area contributed by atoms with Crippen LogP contribution in [0.5, 0.6) is 0 Å². The summed E-state index contributed by atoms with van der Waals surface area (Å²) in [6.45, 7) is 13.6. The number of hydrogen-bond donors (Lipinski definition) is 0. The number of anilines is 2. The number of thiophene rings is 1. The van der Waals surface area contributed by atoms with Crippen LogP contribution in [0.15, 0.2) is 160 Å². The summed E-state index contributed by atoms with van der Waals surface area (Å²) in [5.41, 5.74) is 18.2. The van der Waals surface area contributed by atoms with Crippen molar-refractivity contribution >= 4 is 116 Å². The molecule has 4 nitrogen and oxygen atoms in total. The Morgan fingerprint density at radius 1 is 0.547 bits per heavy atom. The van der Waals surface area contributed by atoms with E-state index in [4.69, 9.17) is 8.83 Å². The van der Waals surface area contributed by atoms with E-state index in [0.29, 0.717) is 0 Å². The van der Waals surface area contributed by atoms with Gasteiger partial charge in [0.05, 0.1) is 11.0 Å². The largest absolute Gasteiger partial charge is 0.456 e. The van der Waals surface area contributed by atoms with Gasteiger partial charge < -0.3 is 18.2 Å². The third-order valence-corrected chi connectivity index (χ3v) is 15.4. The van der Waals surface area contributed by atoms with Gasteiger partial charge in [0.2, 0.25) is 0 Å². The maximum Gasteiger partial charge on any atom is 0.333 e. The Morgan fingerprint density at radius 3 is 2.02 bits per heavy atom. The van der Waals surface area contributed by atoms with Crippen LogP contribution in [-0.2, 0) is 10.8 Å². The summed E-state index contributed by atoms with van der Waals surface area (Å²) >= 11 is 1.88. The Bertz CT molecular complexity index is 3980. The van der Waals surface area contributed by atoms with E-state index in [1.807, 2.05) is 11.3 Å². The van der Waals surface area contributed by atoms with Crippen LogP contribution in [0.2, 0.25) is 0 Å². The molecule has 0 spiro atoms. The van der Waals surface area contributed by atoms with Crippen LogP contribution in [0.3, 0.4) is 0 Å². The van der Waals surface area contributed by atoms with Gasteiger partial charge in [0.15, 0.2) is 0 Å². The van der Waals surface area contributed by atoms with E-state index >= 15 is 0 Å². The van der Waals surface area contributed by atoms with Crippen LogP contribution in [0, 0.1) is 0 Å². The number of aromatic nitrogens is 1. The Morgan fingerprint density at radius 2 is 1.25 bits per heavy atom. The maximum atomic E-state index is 7.28. The molecule has 306 valence electrons. The highest BCUT2D eigenvalue weighted by Crippen LogP contribution is 2.53. The molecule has 6 heteroatoms. The van der Waals surface area contributed by atoms with Gasteiger partial charge in [0.1, 0.15) is 22.3 Å². The van der Waals surface area contributed by atoms with E-state index in [9.17, 15) is 0 Å². The van der Waals surface area contributed by atoms with Gasteiger partial charge in [0.25, 0.3) is 0 Å². The summed E-state index contributed by atoms with van der Waals surface area (Å²) in [7, 11) is 0. The second kappa shape index (κ2) is 12.4. The molecule has 0 atom stereocenters. The lowest BCUT2D eigenvalue weighted by Gasteiger charge is -2.42. The van der Waals surface area contributed by atoms with Crippen LogP contribution in [0.4, 0.5) is 11.4 Å². The predicted molar refractivity (Wildman–Crippen MR) is 273 cm³/mol. The smallest absolute Gasteiger partial charge is 0.333 e. The number of hydrogen-bond acceptors (Lipinski definition) is 4. The fourth-order valence-corrected chi connectivity index (χ4v) is 12.2. The molecule has 0 amide bonds. The fourth-order valence-electron chi connectivity index (χ4n) is 11.1. The zero-order valence-corrected chi connectivity index (χ0v) is 37.4. The summed E-state index contributed by atoms with van der Waals surface area (Å²) in [5, 5.41) is 8.30. The van der Waals surface area contributed by atoms with Crippen molar-refractivity contribution in [1.29, 1.82) is 0 Å². The first-order valence-electron chi connectivity index (χ1n) is 22.4. The summed E-state index contributed by atoms with van der Waals surface area (Å²) in [6.07, 6.45) is 0. The van der Waals surface area contributed by atoms with E-state index < -0.39 is 0 Å². The number of benzene rings is 8. The average molecular weight is 843 g/mol. The Labute approximate surface area is 375 Å². The molecule has 0 N–H and O–H groups in total. The Balaban J connectivity index is 1.21. The number of nitrogens with zero attached hydrogens (tertiary/aromatic N) is 2. The van der Waals surface area contributed by atoms with Crippen molar-refractivity contribution in [1.82, 2.24) is 4.57 Å². The highest BCUT2D eigenvalue weighted by atomic mass is 32.1. The van der Waals surface area contributed by atoms with Gasteiger partial charge in [-0.15, -0.1) is 11.3 Å². The van der Waals surface area contributed by atoms with Crippen LogP contribution >= 0.6 is 11.3 Å². The molecule has 2 aliphatic rings. The van der Waals surface area contributed by atoms with E-state index in [2.05, 4.69) is 203 Å². The summed E-state index contributed by atoms with van der Waals surface area (Å²) in [4.78, 5) is 3.88. The van der Waals surface area contributed by atoms with Gasteiger partial charge in [-0.3, -0.25) is 0 Å². The minimum Gasteiger partial charge on any atom is -0.456 e. The maximum absolute atomic E-state index is 7.28. The lowest BCUT2D eigenvalue weighted by molar-refractivity contribution is 0.590. The molecule has 0 saturated heterocycles. The van der Waals surface area contributed by atoms with E-state index in [1.165, 1.54) is 75.5 Å². The van der Waals surface area contributed by atoms with Crippen molar-refractivity contribution in [3.8, 4) is 27.3 Å². The normalized spacial score (nSPS) is 13.7. The van der Waals surface area contributed by atoms with Crippen molar-refractivity contribution in [3.63, 3.8) is 0 Å². The summed E-state index contributed by atoms with van der Waals surface area (Å²) in [6, 6.07) is 56.5. The third kappa shape index (κ3) is 4.84. The number of fused-ring (bicyclic) bond motifs is 17. The quantitative estimate of drug-likeness (QED) is 0.163. The van der Waals surface area contributed by atoms with Crippen LogP contribution in [0.1, 0.15) is 52.7 Å². The van der Waals surface area contributed by atoms with Crippen LogP contribution in [-0.4, -0.2) is 11.4 Å². The fraction of sp³-hybridized carbons (Fsp3) is 0.138. The highest BCUT2D eigenvalue weighted by Gasteiger charge is 2.46. The Kier molecular flexibility index (Phi) is 7.05. The molecule has 12 aromatic rings. The van der Waals surface area contributed by atoms with Gasteiger partial charge >= 0.3 is 6.85 Å². The zero-order chi connectivity index (χ0) is 43.0. The van der Waals surface area contributed by atoms with Crippen molar-refractivity contribution in [2.24, 2.45) is 0 Å². The number of rotatable bonds is 2. The standard InChI is InChI=1S/C58H43BN2O2S/c1-57(2,3)34-20-23-36(24-21-34)61-44-30-48-39(37-16-10-12-18-46(37)62-48)29-41(44)53-54-55-51(52-38-17-11-13-19-47(38)63-56(52)53)40-28-35(58(4,5)6)22-25-43(40)60(55)45-31-50-33(26-42(45)59(54)61)27-49(64-50)32-14-8-7-9-15-32/h7-31H,1-6H3. The highest BCUT2D eigenvalue weighted by molar-refractivity contribution is 7.22. The molecule has 0 fully saturated rings. The molecule has 4 aromatic heterocycles. The molecule has 0 unspecified atom stereocenters. The van der Waals surface area contributed by atoms with E-state index in [-0.39, 0.29) is 17.7 Å². The molecule has 64 heavy (non-hydrogen) atoms. The van der Waals surface area contributed by atoms with Crippen molar-refractivity contribution in [2.75, 3.05) is 4.81 Å². The minimum atomic E-state index is -0.191. The monoisotopic (exact) mass is 842 g/mol. The second-order valence-electron chi connectivity index (χ2n) is 20.1. The van der Waals surface area contributed by atoms with E-state index in [1.54, 1.807) is 0 Å². The first-order chi connectivity index (χ1) is 31.0. The zero-order valence-electron chi connectivity index (χ0n) is 36.6. The van der Waals surface area contributed by atoms with Crippen LogP contribution in [0.25, 0.3) is 103 Å². The van der Waals surface area contributed by atoms with Crippen LogP contribution < -0.4 is 15.7 Å². The molecule has 0 saturated carbocycles. The summed E-state index contributed by atoms with van der Waals surface area (Å²) in [5.74, 6) is 0. The molecular formula is C58H43BN2O2S. The predicted octanol–water partition coefficient (Wildman–Crippen LogP) is 15.3. The SMILES string of the molecule is CC(C)(C)c1ccc(N2B3c4cc5cc(-c6ccccc6)sc5cc4-n4c5ccc(C(C)(C)C)cc5c5c6c(oc7ccccc76)c(c3c54)-c3cc4c(cc32)oc2ccccc24)cc1. The second-order valence-corrected chi connectivity index (χ2v) is 21.2. The van der Waals surface area contributed by atoms with Gasteiger partial charge in [-0.2, -0.15) is 0 Å². The van der Waals surface area contributed by atoms with Crippen molar-refractivity contribution < 1.29 is 8.83 Å². The number of para-hydroxylation sites is 2. The Hall–Kier alpha value is -7.02. The molecule has 0 aliphatic carbocycles. The molecule has 14 rings (SSSR count). The summed E-state index contributed by atoms with van der Waals surface area (Å²) < 4.78 is 17.9. The lowest BCUT2D eigenvalue weighted by Crippen LogP contribution is -2.60. The van der Waals surface area contributed by atoms with E-state index in [0.717, 1.165) is 61.0 Å². The topological polar surface area (TPSA) is 34.5 Å². The third-order valence-electron chi connectivity index (χ3n) is 14.3. The van der Waals surface area contributed by atoms with Crippen molar-refractivity contribution in [3.05, 3.63) is 163 Å². The lowest BCUT2D eigenvalue weighted by atomic mass is 9.43. The molecule has 8 aromatic carbocycles. The van der Waals surface area contributed by atoms with Gasteiger partial charge in [-0.25, -0.2) is 0 Å². The van der Waals surface area contributed by atoms with Crippen molar-refractivity contribution in [2.45, 2.75) is 52.4 Å². The first kappa shape index (κ1) is 36.5. The molecule has 0 bridgehead atoms. The molecule has 6 heterocycles. The average Bonchev–Trinajstić information content (AvgIpc) is 4.07. The van der Waals surface area contributed by atoms with Gasteiger partial charge in [-0.05, 0) is 98.4 Å².